The predicted octanol–water partition coefficient (Wildman–Crippen LogP) is 7.84. The van der Waals surface area contributed by atoms with Crippen LogP contribution in [0, 0.1) is 62.1 Å². The number of ketones is 1. The number of carbonyl (C=O) groups excluding carboxylic acids is 3. The third-order valence-electron chi connectivity index (χ3n) is 16.6. The van der Waals surface area contributed by atoms with Crippen LogP contribution in [-0.2, 0) is 23.9 Å². The average Bonchev–Trinajstić information content (AvgIpc) is 3.29. The number of carboxylic acids is 1. The van der Waals surface area contributed by atoms with Gasteiger partial charge in [0.1, 0.15) is 6.10 Å². The molecule has 8 unspecified atom stereocenters. The van der Waals surface area contributed by atoms with Gasteiger partial charge in [0, 0.05) is 49.7 Å². The molecule has 0 aromatic rings. The van der Waals surface area contributed by atoms with Crippen LogP contribution in [0.4, 0.5) is 0 Å². The van der Waals surface area contributed by atoms with Crippen LogP contribution in [0.5, 0.6) is 0 Å². The zero-order valence-electron chi connectivity index (χ0n) is 33.5. The molecule has 0 radical (unpaired) electrons. The molecule has 0 spiro atoms. The van der Waals surface area contributed by atoms with Crippen molar-refractivity contribution >= 4 is 23.6 Å². The van der Waals surface area contributed by atoms with Crippen molar-refractivity contribution in [1.29, 1.82) is 0 Å². The smallest absolute Gasteiger partial charge is 0.309 e. The van der Waals surface area contributed by atoms with Crippen LogP contribution in [0.25, 0.3) is 0 Å². The van der Waals surface area contributed by atoms with Crippen molar-refractivity contribution in [3.63, 3.8) is 0 Å². The first-order valence-corrected chi connectivity index (χ1v) is 20.3. The van der Waals surface area contributed by atoms with E-state index in [1.807, 2.05) is 4.90 Å². The number of allylic oxidation sites excluding steroid dienone is 2. The monoisotopic (exact) mass is 709 g/mol. The van der Waals surface area contributed by atoms with E-state index < -0.39 is 17.4 Å². The first-order valence-electron chi connectivity index (χ1n) is 20.3. The summed E-state index contributed by atoms with van der Waals surface area (Å²) < 4.78 is 6.17. The van der Waals surface area contributed by atoms with Gasteiger partial charge in [0.15, 0.2) is 5.78 Å². The molecule has 1 amide bonds. The lowest BCUT2D eigenvalue weighted by Gasteiger charge is -2.72. The van der Waals surface area contributed by atoms with Gasteiger partial charge in [-0.05, 0) is 124 Å². The molecule has 1 saturated heterocycles. The van der Waals surface area contributed by atoms with Gasteiger partial charge in [-0.1, -0.05) is 54.0 Å². The second kappa shape index (κ2) is 13.0. The van der Waals surface area contributed by atoms with Crippen LogP contribution in [0.15, 0.2) is 11.1 Å². The molecular formula is C43H68N2O6. The van der Waals surface area contributed by atoms with Crippen molar-refractivity contribution in [3.8, 4) is 0 Å². The van der Waals surface area contributed by atoms with Gasteiger partial charge in [0.05, 0.1) is 11.8 Å². The molecule has 5 fully saturated rings. The van der Waals surface area contributed by atoms with Crippen LogP contribution < -0.4 is 5.32 Å². The summed E-state index contributed by atoms with van der Waals surface area (Å²) in [5.41, 5.74) is 1.66. The molecule has 51 heavy (non-hydrogen) atoms. The summed E-state index contributed by atoms with van der Waals surface area (Å²) in [6, 6.07) is 0. The first kappa shape index (κ1) is 38.5. The molecule has 8 heteroatoms. The Bertz CT molecular complexity index is 1470. The van der Waals surface area contributed by atoms with Crippen LogP contribution in [-0.4, -0.2) is 65.9 Å². The summed E-state index contributed by atoms with van der Waals surface area (Å²) in [5, 5.41) is 13.3. The number of amides is 1. The number of nitrogens with zero attached hydrogens (tertiary/aromatic N) is 1. The number of likely N-dealkylation sites (tertiary alicyclic amines) is 1. The minimum atomic E-state index is -1.15. The van der Waals surface area contributed by atoms with Crippen LogP contribution in [0.2, 0.25) is 0 Å². The van der Waals surface area contributed by atoms with E-state index in [0.717, 1.165) is 83.1 Å². The summed E-state index contributed by atoms with van der Waals surface area (Å²) in [5.74, 6) is 1.32. The second-order valence-electron chi connectivity index (χ2n) is 20.4. The maximum atomic E-state index is 14.0. The average molecular weight is 709 g/mol. The zero-order chi connectivity index (χ0) is 37.5. The number of Topliss-reactive ketones (excluding diaryl/α,β-unsaturated/α-hetero) is 1. The number of fused-ring (bicyclic) bond motifs is 7. The Hall–Kier alpha value is -2.22. The largest absolute Gasteiger partial charge is 0.481 e. The SMILES string of the molecule is CC(=O)N1CC(CNCCC23CCC4(C)C(CCC5C6(C)CCC(OC(=O)CC(C)(C)C(=O)O)C(C)(C)C6CCC54C)C2=C(C(C)C)C(=O)C3)C1. The fourth-order valence-electron chi connectivity index (χ4n) is 13.5. The molecule has 0 aromatic carbocycles. The molecule has 6 aliphatic rings. The number of esters is 1. The number of carbonyl (C=O) groups is 4. The molecule has 8 atom stereocenters. The maximum Gasteiger partial charge on any atom is 0.309 e. The Kier molecular flexibility index (Phi) is 9.79. The summed E-state index contributed by atoms with van der Waals surface area (Å²) in [7, 11) is 0. The molecule has 5 aliphatic carbocycles. The number of nitrogens with one attached hydrogen (secondary N) is 1. The number of ether oxygens (including phenoxy) is 1. The summed E-state index contributed by atoms with van der Waals surface area (Å²) in [6.45, 7) is 25.2. The molecule has 4 saturated carbocycles. The van der Waals surface area contributed by atoms with Gasteiger partial charge >= 0.3 is 11.9 Å². The molecule has 1 aliphatic heterocycles. The van der Waals surface area contributed by atoms with Gasteiger partial charge in [-0.2, -0.15) is 0 Å². The predicted molar refractivity (Wildman–Crippen MR) is 199 cm³/mol. The van der Waals surface area contributed by atoms with Crippen molar-refractivity contribution in [2.75, 3.05) is 26.2 Å². The lowest BCUT2D eigenvalue weighted by atomic mass is 9.33. The molecular weight excluding hydrogens is 640 g/mol. The Morgan fingerprint density at radius 3 is 2.25 bits per heavy atom. The van der Waals surface area contributed by atoms with Gasteiger partial charge in [0.2, 0.25) is 5.91 Å². The lowest BCUT2D eigenvalue weighted by molar-refractivity contribution is -0.233. The number of aliphatic carboxylic acids is 1. The fourth-order valence-corrected chi connectivity index (χ4v) is 13.5. The Morgan fingerprint density at radius 2 is 1.63 bits per heavy atom. The van der Waals surface area contributed by atoms with Gasteiger partial charge in [0.25, 0.3) is 0 Å². The summed E-state index contributed by atoms with van der Waals surface area (Å²) in [6.07, 6.45) is 9.97. The van der Waals surface area contributed by atoms with E-state index in [2.05, 4.69) is 53.8 Å². The summed E-state index contributed by atoms with van der Waals surface area (Å²) >= 11 is 0. The normalized spacial score (nSPS) is 39.1. The second-order valence-corrected chi connectivity index (χ2v) is 20.4. The first-order chi connectivity index (χ1) is 23.6. The minimum Gasteiger partial charge on any atom is -0.481 e. The van der Waals surface area contributed by atoms with Gasteiger partial charge in [-0.25, -0.2) is 0 Å². The number of hydrogen-bond acceptors (Lipinski definition) is 6. The Labute approximate surface area is 307 Å². The number of rotatable bonds is 10. The molecule has 0 aromatic heterocycles. The van der Waals surface area contributed by atoms with Crippen LogP contribution >= 0.6 is 0 Å². The molecule has 2 N–H and O–H groups in total. The zero-order valence-corrected chi connectivity index (χ0v) is 33.5. The molecule has 0 bridgehead atoms. The quantitative estimate of drug-likeness (QED) is 0.176. The molecule has 6 rings (SSSR count). The minimum absolute atomic E-state index is 0.0394. The van der Waals surface area contributed by atoms with E-state index in [0.29, 0.717) is 35.9 Å². The molecule has 8 nitrogen and oxygen atoms in total. The highest BCUT2D eigenvalue weighted by molar-refractivity contribution is 6.00. The highest BCUT2D eigenvalue weighted by Gasteiger charge is 2.70. The van der Waals surface area contributed by atoms with E-state index >= 15 is 0 Å². The van der Waals surface area contributed by atoms with Crippen LogP contribution in [0.1, 0.15) is 140 Å². The van der Waals surface area contributed by atoms with Gasteiger partial charge in [-0.15, -0.1) is 0 Å². The maximum absolute atomic E-state index is 14.0. The van der Waals surface area contributed by atoms with Crippen molar-refractivity contribution < 1.29 is 29.0 Å². The highest BCUT2D eigenvalue weighted by atomic mass is 16.5. The van der Waals surface area contributed by atoms with Crippen molar-refractivity contribution in [2.45, 2.75) is 146 Å². The highest BCUT2D eigenvalue weighted by Crippen LogP contribution is 2.77. The van der Waals surface area contributed by atoms with Crippen molar-refractivity contribution in [3.05, 3.63) is 11.1 Å². The van der Waals surface area contributed by atoms with E-state index in [-0.39, 0.29) is 51.4 Å². The van der Waals surface area contributed by atoms with E-state index in [9.17, 15) is 24.3 Å². The van der Waals surface area contributed by atoms with Crippen molar-refractivity contribution in [1.82, 2.24) is 10.2 Å². The standard InChI is InChI=1S/C43H68N2O6/c1-26(2)35-30(47)21-43(19-20-44-23-28-24-45(25-28)27(3)46)18-17-41(9)29(36(35)43)11-12-32-40(8)15-14-33(51-34(48)22-38(4,5)37(49)50)39(6,7)31(40)13-16-42(32,41)10/h26,28-29,31-33,44H,11-25H2,1-10H3,(H,49,50). The fraction of sp³-hybridized carbons (Fsp3) is 0.860. The number of hydrogen-bond donors (Lipinski definition) is 2. The third kappa shape index (κ3) is 6.04. The van der Waals surface area contributed by atoms with E-state index in [1.54, 1.807) is 20.8 Å². The van der Waals surface area contributed by atoms with E-state index in [1.165, 1.54) is 12.0 Å². The van der Waals surface area contributed by atoms with E-state index in [4.69, 9.17) is 4.74 Å². The Morgan fingerprint density at radius 1 is 0.941 bits per heavy atom. The Balaban J connectivity index is 1.21. The summed E-state index contributed by atoms with van der Waals surface area (Å²) in [4.78, 5) is 52.3. The third-order valence-corrected chi connectivity index (χ3v) is 16.6. The van der Waals surface area contributed by atoms with Crippen LogP contribution in [0.3, 0.4) is 0 Å². The molecule has 286 valence electrons. The van der Waals surface area contributed by atoms with Gasteiger partial charge < -0.3 is 20.1 Å². The molecule has 1 heterocycles. The number of carboxylic acid groups (broad SMARTS) is 1. The van der Waals surface area contributed by atoms with Gasteiger partial charge in [-0.3, -0.25) is 19.2 Å². The van der Waals surface area contributed by atoms with Crippen molar-refractivity contribution in [2.24, 2.45) is 62.1 Å². The lowest BCUT2D eigenvalue weighted by Crippen LogP contribution is -2.65. The topological polar surface area (TPSA) is 113 Å².